The topological polar surface area (TPSA) is 82.2 Å². The van der Waals surface area contributed by atoms with E-state index >= 15 is 0 Å². The summed E-state index contributed by atoms with van der Waals surface area (Å²) in [7, 11) is 0. The van der Waals surface area contributed by atoms with Gasteiger partial charge >= 0.3 is 0 Å². The Bertz CT molecular complexity index is 978. The standard InChI is InChI=1S/C19H19N5O/c25-19-14-9-4-10-15-17(14)18(23-24-19)22-16(21-15)12-20-11-5-8-13-6-2-1-3-7-13/h1-4,6-7,9-10,20H,5,8,11-12H2,(H,24,25)(H,21,22,23). The Labute approximate surface area is 145 Å². The van der Waals surface area contributed by atoms with Crippen molar-refractivity contribution in [3.8, 4) is 0 Å². The monoisotopic (exact) mass is 333 g/mol. The number of aryl methyl sites for hydroxylation is 1. The Balaban J connectivity index is 1.38. The lowest BCUT2D eigenvalue weighted by molar-refractivity contribution is 0.701. The first-order valence-electron chi connectivity index (χ1n) is 8.42. The van der Waals surface area contributed by atoms with Gasteiger partial charge in [0, 0.05) is 0 Å². The van der Waals surface area contributed by atoms with E-state index in [-0.39, 0.29) is 5.56 Å². The van der Waals surface area contributed by atoms with Crippen LogP contribution in [0.5, 0.6) is 0 Å². The molecule has 6 nitrogen and oxygen atoms in total. The Kier molecular flexibility index (Phi) is 4.26. The quantitative estimate of drug-likeness (QED) is 0.606. The Morgan fingerprint density at radius 1 is 1.04 bits per heavy atom. The van der Waals surface area contributed by atoms with Gasteiger partial charge in [-0.2, -0.15) is 5.10 Å². The molecule has 1 aromatic heterocycles. The minimum absolute atomic E-state index is 0.194. The molecule has 2 aromatic carbocycles. The molecule has 4 rings (SSSR count). The van der Waals surface area contributed by atoms with Gasteiger partial charge in [0.2, 0.25) is 0 Å². The fourth-order valence-corrected chi connectivity index (χ4v) is 3.05. The number of hydrogen-bond acceptors (Lipinski definition) is 5. The minimum Gasteiger partial charge on any atom is -0.342 e. The molecule has 6 heteroatoms. The average molecular weight is 333 g/mol. The Morgan fingerprint density at radius 2 is 1.92 bits per heavy atom. The van der Waals surface area contributed by atoms with Gasteiger partial charge < -0.3 is 10.6 Å². The van der Waals surface area contributed by atoms with E-state index in [1.165, 1.54) is 5.56 Å². The van der Waals surface area contributed by atoms with Gasteiger partial charge in [0.1, 0.15) is 5.84 Å². The fraction of sp³-hybridized carbons (Fsp3) is 0.211. The number of nitrogens with one attached hydrogen (secondary N) is 3. The van der Waals surface area contributed by atoms with Crippen molar-refractivity contribution in [2.24, 2.45) is 4.99 Å². The highest BCUT2D eigenvalue weighted by Gasteiger charge is 2.16. The second-order valence-corrected chi connectivity index (χ2v) is 6.05. The predicted molar refractivity (Wildman–Crippen MR) is 101 cm³/mol. The SMILES string of the molecule is O=c1[nH]nc2c3c(cccc13)NC(CNCCCc1ccccc1)=N2. The molecule has 0 unspecified atom stereocenters. The van der Waals surface area contributed by atoms with Crippen molar-refractivity contribution in [1.29, 1.82) is 0 Å². The van der Waals surface area contributed by atoms with E-state index in [2.05, 4.69) is 50.1 Å². The molecule has 0 bridgehead atoms. The number of aromatic amines is 1. The molecule has 3 N–H and O–H groups in total. The van der Waals surface area contributed by atoms with E-state index < -0.39 is 0 Å². The van der Waals surface area contributed by atoms with Gasteiger partial charge in [0.15, 0.2) is 5.82 Å². The molecule has 126 valence electrons. The lowest BCUT2D eigenvalue weighted by Gasteiger charge is -2.18. The summed E-state index contributed by atoms with van der Waals surface area (Å²) >= 11 is 0. The van der Waals surface area contributed by atoms with E-state index in [0.29, 0.717) is 17.7 Å². The van der Waals surface area contributed by atoms with Crippen LogP contribution in [0, 0.1) is 0 Å². The molecule has 1 aliphatic heterocycles. The van der Waals surface area contributed by atoms with Crippen molar-refractivity contribution in [3.05, 3.63) is 64.4 Å². The first-order valence-corrected chi connectivity index (χ1v) is 8.42. The van der Waals surface area contributed by atoms with Gasteiger partial charge in [0.05, 0.1) is 23.0 Å². The third-order valence-electron chi connectivity index (χ3n) is 4.27. The second kappa shape index (κ2) is 6.86. The highest BCUT2D eigenvalue weighted by atomic mass is 16.1. The summed E-state index contributed by atoms with van der Waals surface area (Å²) in [4.78, 5) is 16.4. The normalized spacial score (nSPS) is 12.7. The molecule has 1 aliphatic rings. The van der Waals surface area contributed by atoms with E-state index in [1.807, 2.05) is 18.2 Å². The lowest BCUT2D eigenvalue weighted by Crippen LogP contribution is -2.30. The molecule has 25 heavy (non-hydrogen) atoms. The molecule has 0 fully saturated rings. The van der Waals surface area contributed by atoms with E-state index in [4.69, 9.17) is 0 Å². The highest BCUT2D eigenvalue weighted by molar-refractivity contribution is 6.12. The zero-order valence-electron chi connectivity index (χ0n) is 13.7. The van der Waals surface area contributed by atoms with Crippen LogP contribution in [0.1, 0.15) is 12.0 Å². The average Bonchev–Trinajstić information content (AvgIpc) is 2.65. The maximum atomic E-state index is 11.9. The van der Waals surface area contributed by atoms with Crippen molar-refractivity contribution >= 4 is 28.1 Å². The lowest BCUT2D eigenvalue weighted by atomic mass is 10.1. The number of hydrogen-bond donors (Lipinski definition) is 3. The molecule has 0 radical (unpaired) electrons. The van der Waals surface area contributed by atoms with Gasteiger partial charge in [-0.3, -0.25) is 4.79 Å². The van der Waals surface area contributed by atoms with Crippen molar-refractivity contribution < 1.29 is 0 Å². The van der Waals surface area contributed by atoms with Crippen LogP contribution in [0.2, 0.25) is 0 Å². The summed E-state index contributed by atoms with van der Waals surface area (Å²) in [6.45, 7) is 1.54. The maximum absolute atomic E-state index is 11.9. The van der Waals surface area contributed by atoms with Crippen LogP contribution in [0.15, 0.2) is 58.3 Å². The molecular weight excluding hydrogens is 314 g/mol. The van der Waals surface area contributed by atoms with Crippen molar-refractivity contribution in [2.45, 2.75) is 12.8 Å². The van der Waals surface area contributed by atoms with Crippen LogP contribution in [0.3, 0.4) is 0 Å². The molecule has 2 heterocycles. The van der Waals surface area contributed by atoms with Gasteiger partial charge in [-0.25, -0.2) is 10.1 Å². The number of nitrogens with zero attached hydrogens (tertiary/aromatic N) is 2. The van der Waals surface area contributed by atoms with Crippen LogP contribution in [0.25, 0.3) is 10.8 Å². The van der Waals surface area contributed by atoms with Gasteiger partial charge in [0.25, 0.3) is 5.56 Å². The summed E-state index contributed by atoms with van der Waals surface area (Å²) in [5.41, 5.74) is 2.04. The molecule has 0 spiro atoms. The number of rotatable bonds is 6. The first kappa shape index (κ1) is 15.5. The second-order valence-electron chi connectivity index (χ2n) is 6.05. The first-order chi connectivity index (χ1) is 12.3. The van der Waals surface area contributed by atoms with E-state index in [1.54, 1.807) is 6.07 Å². The van der Waals surface area contributed by atoms with Crippen molar-refractivity contribution in [1.82, 2.24) is 15.5 Å². The zero-order chi connectivity index (χ0) is 17.1. The molecule has 3 aromatic rings. The van der Waals surface area contributed by atoms with Crippen LogP contribution in [0.4, 0.5) is 11.5 Å². The van der Waals surface area contributed by atoms with Crippen molar-refractivity contribution in [3.63, 3.8) is 0 Å². The maximum Gasteiger partial charge on any atom is 0.272 e. The highest BCUT2D eigenvalue weighted by Crippen LogP contribution is 2.31. The summed E-state index contributed by atoms with van der Waals surface area (Å²) in [5, 5.41) is 14.7. The number of anilines is 1. The number of H-pyrrole nitrogens is 1. The number of amidine groups is 1. The van der Waals surface area contributed by atoms with Gasteiger partial charge in [-0.1, -0.05) is 36.4 Å². The smallest absolute Gasteiger partial charge is 0.272 e. The molecule has 0 saturated heterocycles. The summed E-state index contributed by atoms with van der Waals surface area (Å²) in [6, 6.07) is 16.1. The summed E-state index contributed by atoms with van der Waals surface area (Å²) in [5.74, 6) is 1.37. The number of aliphatic imine (C=N–C) groups is 1. The molecule has 0 atom stereocenters. The minimum atomic E-state index is -0.194. The van der Waals surface area contributed by atoms with E-state index in [9.17, 15) is 4.79 Å². The third kappa shape index (κ3) is 3.29. The van der Waals surface area contributed by atoms with Crippen LogP contribution < -0.4 is 16.2 Å². The van der Waals surface area contributed by atoms with Crippen molar-refractivity contribution in [2.75, 3.05) is 18.4 Å². The third-order valence-corrected chi connectivity index (χ3v) is 4.27. The van der Waals surface area contributed by atoms with Crippen LogP contribution in [-0.4, -0.2) is 29.1 Å². The molecular formula is C19H19N5O. The predicted octanol–water partition coefficient (Wildman–Crippen LogP) is 2.60. The molecule has 0 aliphatic carbocycles. The fourth-order valence-electron chi connectivity index (χ4n) is 3.05. The number of benzene rings is 2. The number of aromatic nitrogens is 2. The Hall–Kier alpha value is -2.99. The largest absolute Gasteiger partial charge is 0.342 e. The summed E-state index contributed by atoms with van der Waals surface area (Å²) in [6.07, 6.45) is 2.12. The van der Waals surface area contributed by atoms with E-state index in [0.717, 1.165) is 36.3 Å². The van der Waals surface area contributed by atoms with Crippen LogP contribution >= 0.6 is 0 Å². The zero-order valence-corrected chi connectivity index (χ0v) is 13.7. The Morgan fingerprint density at radius 3 is 2.80 bits per heavy atom. The molecule has 0 amide bonds. The van der Waals surface area contributed by atoms with Gasteiger partial charge in [-0.05, 0) is 37.1 Å². The van der Waals surface area contributed by atoms with Crippen LogP contribution in [-0.2, 0) is 6.42 Å². The van der Waals surface area contributed by atoms with Gasteiger partial charge in [-0.15, -0.1) is 0 Å². The summed E-state index contributed by atoms with van der Waals surface area (Å²) < 4.78 is 0. The molecule has 0 saturated carbocycles.